The van der Waals surface area contributed by atoms with Crippen LogP contribution in [0.25, 0.3) is 0 Å². The van der Waals surface area contributed by atoms with Gasteiger partial charge in [-0.2, -0.15) is 0 Å². The van der Waals surface area contributed by atoms with Crippen molar-refractivity contribution in [2.75, 3.05) is 10.6 Å². The maximum atomic E-state index is 12.9. The van der Waals surface area contributed by atoms with Gasteiger partial charge in [0.2, 0.25) is 5.91 Å². The normalized spacial score (nSPS) is 22.4. The second-order valence-corrected chi connectivity index (χ2v) is 7.90. The van der Waals surface area contributed by atoms with Crippen molar-refractivity contribution in [2.45, 2.75) is 43.6 Å². The molecule has 2 fully saturated rings. The molecule has 4 N–H and O–H groups in total. The Morgan fingerprint density at radius 1 is 1.08 bits per heavy atom. The molecule has 1 amide bonds. The van der Waals surface area contributed by atoms with Crippen LogP contribution in [0.1, 0.15) is 36.8 Å². The summed E-state index contributed by atoms with van der Waals surface area (Å²) in [5.74, 6) is 0.405. The monoisotopic (exact) mass is 350 g/mol. The quantitative estimate of drug-likeness (QED) is 0.636. The molecule has 5 rings (SSSR count). The Bertz CT molecular complexity index is 900. The molecule has 2 aliphatic carbocycles. The standard InChI is InChI=1S/C21H22N2O3/c24-18-6-3-14(11-19(18)25)21(7-8-21)20(26)22-15-4-5-16-13(9-15)10-17(23-16)12-1-2-12/h3-6,9,11-12,17,23-25H,1-2,7-8,10H2,(H,22,26). The number of fused-ring (bicyclic) bond motifs is 1. The van der Waals surface area contributed by atoms with Gasteiger partial charge in [0.15, 0.2) is 11.5 Å². The third-order valence-corrected chi connectivity index (χ3v) is 6.05. The molecular formula is C21H22N2O3. The Hall–Kier alpha value is -2.69. The molecule has 1 aliphatic heterocycles. The van der Waals surface area contributed by atoms with Crippen molar-refractivity contribution in [3.05, 3.63) is 47.5 Å². The number of nitrogens with one attached hydrogen (secondary N) is 2. The first-order chi connectivity index (χ1) is 12.5. The summed E-state index contributed by atoms with van der Waals surface area (Å²) in [7, 11) is 0. The number of carbonyl (C=O) groups is 1. The number of hydrogen-bond acceptors (Lipinski definition) is 4. The van der Waals surface area contributed by atoms with Gasteiger partial charge in [0.25, 0.3) is 0 Å². The fourth-order valence-corrected chi connectivity index (χ4v) is 4.10. The zero-order valence-corrected chi connectivity index (χ0v) is 14.5. The van der Waals surface area contributed by atoms with Crippen LogP contribution < -0.4 is 10.6 Å². The minimum Gasteiger partial charge on any atom is -0.504 e. The van der Waals surface area contributed by atoms with Crippen molar-refractivity contribution >= 4 is 17.3 Å². The van der Waals surface area contributed by atoms with Crippen LogP contribution in [-0.2, 0) is 16.6 Å². The highest BCUT2D eigenvalue weighted by Crippen LogP contribution is 2.50. The summed E-state index contributed by atoms with van der Waals surface area (Å²) in [5, 5.41) is 25.9. The van der Waals surface area contributed by atoms with Crippen molar-refractivity contribution in [3.63, 3.8) is 0 Å². The fraction of sp³-hybridized carbons (Fsp3) is 0.381. The lowest BCUT2D eigenvalue weighted by molar-refractivity contribution is -0.118. The number of phenolic OH excluding ortho intramolecular Hbond substituents is 2. The number of anilines is 2. The van der Waals surface area contributed by atoms with Crippen LogP contribution in [0.4, 0.5) is 11.4 Å². The van der Waals surface area contributed by atoms with Crippen LogP contribution in [-0.4, -0.2) is 22.2 Å². The zero-order chi connectivity index (χ0) is 17.9. The topological polar surface area (TPSA) is 81.6 Å². The van der Waals surface area contributed by atoms with E-state index < -0.39 is 5.41 Å². The Labute approximate surface area is 152 Å². The van der Waals surface area contributed by atoms with Gasteiger partial charge in [0, 0.05) is 17.4 Å². The molecule has 2 aromatic rings. The molecule has 134 valence electrons. The average Bonchev–Trinajstić information content (AvgIpc) is 3.54. The van der Waals surface area contributed by atoms with E-state index >= 15 is 0 Å². The van der Waals surface area contributed by atoms with E-state index in [-0.39, 0.29) is 17.4 Å². The van der Waals surface area contributed by atoms with E-state index in [1.165, 1.54) is 36.2 Å². The van der Waals surface area contributed by atoms with E-state index in [0.717, 1.165) is 36.4 Å². The molecule has 1 unspecified atom stereocenters. The molecule has 3 aliphatic rings. The minimum absolute atomic E-state index is 0.0489. The lowest BCUT2D eigenvalue weighted by Gasteiger charge is -2.17. The van der Waals surface area contributed by atoms with Crippen LogP contribution in [0.15, 0.2) is 36.4 Å². The van der Waals surface area contributed by atoms with Gasteiger partial charge in [-0.25, -0.2) is 0 Å². The molecular weight excluding hydrogens is 328 g/mol. The smallest absolute Gasteiger partial charge is 0.235 e. The van der Waals surface area contributed by atoms with E-state index in [0.29, 0.717) is 6.04 Å². The minimum atomic E-state index is -0.598. The van der Waals surface area contributed by atoms with Crippen LogP contribution in [0.3, 0.4) is 0 Å². The highest BCUT2D eigenvalue weighted by molar-refractivity contribution is 6.01. The van der Waals surface area contributed by atoms with Gasteiger partial charge in [-0.3, -0.25) is 4.79 Å². The predicted molar refractivity (Wildman–Crippen MR) is 99.6 cm³/mol. The molecule has 0 aromatic heterocycles. The second-order valence-electron chi connectivity index (χ2n) is 7.90. The Morgan fingerprint density at radius 2 is 1.88 bits per heavy atom. The van der Waals surface area contributed by atoms with Crippen LogP contribution in [0, 0.1) is 5.92 Å². The van der Waals surface area contributed by atoms with Gasteiger partial charge in [0.1, 0.15) is 0 Å². The van der Waals surface area contributed by atoms with Gasteiger partial charge in [-0.15, -0.1) is 0 Å². The van der Waals surface area contributed by atoms with E-state index in [4.69, 9.17) is 0 Å². The van der Waals surface area contributed by atoms with Crippen molar-refractivity contribution in [3.8, 4) is 11.5 Å². The number of phenols is 2. The Balaban J connectivity index is 1.34. The van der Waals surface area contributed by atoms with E-state index in [1.807, 2.05) is 6.07 Å². The van der Waals surface area contributed by atoms with Crippen molar-refractivity contribution < 1.29 is 15.0 Å². The molecule has 0 radical (unpaired) electrons. The maximum absolute atomic E-state index is 12.9. The molecule has 5 heteroatoms. The summed E-state index contributed by atoms with van der Waals surface area (Å²) >= 11 is 0. The molecule has 2 aromatic carbocycles. The number of carbonyl (C=O) groups excluding carboxylic acids is 1. The van der Waals surface area contributed by atoms with Crippen LogP contribution in [0.2, 0.25) is 0 Å². The highest BCUT2D eigenvalue weighted by Gasteiger charge is 2.51. The molecule has 1 heterocycles. The van der Waals surface area contributed by atoms with Gasteiger partial charge < -0.3 is 20.8 Å². The van der Waals surface area contributed by atoms with Crippen LogP contribution in [0.5, 0.6) is 11.5 Å². The van der Waals surface area contributed by atoms with E-state index in [9.17, 15) is 15.0 Å². The van der Waals surface area contributed by atoms with E-state index in [2.05, 4.69) is 22.8 Å². The molecule has 0 bridgehead atoms. The number of rotatable bonds is 4. The van der Waals surface area contributed by atoms with Gasteiger partial charge in [-0.05, 0) is 79.5 Å². The third kappa shape index (κ3) is 2.50. The Kier molecular flexibility index (Phi) is 3.23. The summed E-state index contributed by atoms with van der Waals surface area (Å²) in [6.07, 6.45) is 5.16. The molecule has 0 spiro atoms. The predicted octanol–water partition coefficient (Wildman–Crippen LogP) is 3.51. The average molecular weight is 350 g/mol. The number of amides is 1. The number of hydrogen-bond donors (Lipinski definition) is 4. The lowest BCUT2D eigenvalue weighted by atomic mass is 9.94. The number of aromatic hydroxyl groups is 2. The third-order valence-electron chi connectivity index (χ3n) is 6.05. The summed E-state index contributed by atoms with van der Waals surface area (Å²) < 4.78 is 0. The lowest BCUT2D eigenvalue weighted by Crippen LogP contribution is -2.27. The van der Waals surface area contributed by atoms with E-state index in [1.54, 1.807) is 6.07 Å². The molecule has 5 nitrogen and oxygen atoms in total. The largest absolute Gasteiger partial charge is 0.504 e. The zero-order valence-electron chi connectivity index (χ0n) is 14.5. The number of benzene rings is 2. The molecule has 0 saturated heterocycles. The van der Waals surface area contributed by atoms with Gasteiger partial charge in [0.05, 0.1) is 5.41 Å². The second kappa shape index (κ2) is 5.40. The van der Waals surface area contributed by atoms with Crippen molar-refractivity contribution in [1.29, 1.82) is 0 Å². The maximum Gasteiger partial charge on any atom is 0.235 e. The first-order valence-corrected chi connectivity index (χ1v) is 9.28. The molecule has 26 heavy (non-hydrogen) atoms. The summed E-state index contributed by atoms with van der Waals surface area (Å²) in [4.78, 5) is 12.9. The van der Waals surface area contributed by atoms with Crippen LogP contribution >= 0.6 is 0 Å². The highest BCUT2D eigenvalue weighted by atomic mass is 16.3. The summed E-state index contributed by atoms with van der Waals surface area (Å²) in [5.41, 5.74) is 3.43. The summed E-state index contributed by atoms with van der Waals surface area (Å²) in [6, 6.07) is 11.3. The SMILES string of the molecule is O=C(Nc1ccc2c(c1)CC(C1CC1)N2)C1(c2ccc(O)c(O)c2)CC1. The van der Waals surface area contributed by atoms with Gasteiger partial charge >= 0.3 is 0 Å². The summed E-state index contributed by atoms with van der Waals surface area (Å²) in [6.45, 7) is 0. The van der Waals surface area contributed by atoms with Gasteiger partial charge in [-0.1, -0.05) is 6.07 Å². The first kappa shape index (κ1) is 15.6. The first-order valence-electron chi connectivity index (χ1n) is 9.28. The fourth-order valence-electron chi connectivity index (χ4n) is 4.10. The van der Waals surface area contributed by atoms with Crippen molar-refractivity contribution in [2.24, 2.45) is 5.92 Å². The van der Waals surface area contributed by atoms with Crippen molar-refractivity contribution in [1.82, 2.24) is 0 Å². The molecule has 2 saturated carbocycles. The molecule has 1 atom stereocenters. The Morgan fingerprint density at radius 3 is 2.58 bits per heavy atom.